The van der Waals surface area contributed by atoms with E-state index in [4.69, 9.17) is 27.6 Å². The van der Waals surface area contributed by atoms with Gasteiger partial charge in [0.15, 0.2) is 5.17 Å². The molecule has 0 spiro atoms. The Morgan fingerprint density at radius 3 is 2.36 bits per heavy atom. The number of benzene rings is 2. The average molecular weight is 503 g/mol. The van der Waals surface area contributed by atoms with Gasteiger partial charge in [0, 0.05) is 16.7 Å². The van der Waals surface area contributed by atoms with E-state index in [0.29, 0.717) is 27.1 Å². The first kappa shape index (κ1) is 22.7. The lowest BCUT2D eigenvalue weighted by atomic mass is 10.1. The molecule has 0 radical (unpaired) electrons. The highest BCUT2D eigenvalue weighted by atomic mass is 35.5. The summed E-state index contributed by atoms with van der Waals surface area (Å²) in [5, 5.41) is 22.1. The molecule has 0 unspecified atom stereocenters. The molecule has 8 nitrogen and oxygen atoms in total. The maximum Gasteiger partial charge on any atom is 0.335 e. The zero-order valence-electron chi connectivity index (χ0n) is 16.3. The number of thioether (sulfide) groups is 1. The summed E-state index contributed by atoms with van der Waals surface area (Å²) >= 11 is 13.2. The smallest absolute Gasteiger partial charge is 0.335 e. The lowest BCUT2D eigenvalue weighted by Gasteiger charge is -2.02. The highest BCUT2D eigenvalue weighted by molar-refractivity contribution is 8.18. The lowest BCUT2D eigenvalue weighted by Crippen LogP contribution is -2.19. The van der Waals surface area contributed by atoms with Crippen molar-refractivity contribution < 1.29 is 29.0 Å². The molecule has 1 amide bonds. The van der Waals surface area contributed by atoms with Crippen molar-refractivity contribution in [2.24, 2.45) is 4.99 Å². The standard InChI is InChI=1S/C22H12Cl2N2O6S/c23-12-1-3-16(24)15(8-12)17-4-2-14(32-17)9-18-19(27)26-22(33-18)25-13-6-10(20(28)29)5-11(7-13)21(30)31/h1-9H,(H,28,29)(H,30,31)(H,25,26,27)/b18-9+. The van der Waals surface area contributed by atoms with E-state index in [0.717, 1.165) is 17.8 Å². The number of nitrogens with zero attached hydrogens (tertiary/aromatic N) is 1. The summed E-state index contributed by atoms with van der Waals surface area (Å²) < 4.78 is 5.77. The molecule has 1 aromatic heterocycles. The Kier molecular flexibility index (Phi) is 6.28. The van der Waals surface area contributed by atoms with E-state index >= 15 is 0 Å². The molecule has 1 fully saturated rings. The number of nitrogens with one attached hydrogen (secondary N) is 1. The first-order valence-electron chi connectivity index (χ1n) is 9.16. The summed E-state index contributed by atoms with van der Waals surface area (Å²) in [5.74, 6) is -2.17. The van der Waals surface area contributed by atoms with Crippen molar-refractivity contribution in [3.63, 3.8) is 0 Å². The SMILES string of the molecule is O=C1NC(=Nc2cc(C(=O)O)cc(C(=O)O)c2)S/C1=C/c1ccc(-c2cc(Cl)ccc2Cl)o1. The fourth-order valence-corrected chi connectivity index (χ4v) is 4.12. The number of aliphatic imine (C=N–C) groups is 1. The average Bonchev–Trinajstić information content (AvgIpc) is 3.36. The third-order valence-corrected chi connectivity index (χ3v) is 5.86. The largest absolute Gasteiger partial charge is 0.478 e. The summed E-state index contributed by atoms with van der Waals surface area (Å²) in [6, 6.07) is 11.8. The van der Waals surface area contributed by atoms with E-state index in [1.54, 1.807) is 30.3 Å². The fraction of sp³-hybridized carbons (Fsp3) is 0. The van der Waals surface area contributed by atoms with E-state index in [-0.39, 0.29) is 26.9 Å². The van der Waals surface area contributed by atoms with Gasteiger partial charge in [0.2, 0.25) is 0 Å². The van der Waals surface area contributed by atoms with Crippen LogP contribution in [0, 0.1) is 0 Å². The van der Waals surface area contributed by atoms with E-state index < -0.39 is 17.8 Å². The van der Waals surface area contributed by atoms with Crippen LogP contribution in [0.2, 0.25) is 10.0 Å². The molecule has 1 aliphatic heterocycles. The second-order valence-electron chi connectivity index (χ2n) is 6.69. The summed E-state index contributed by atoms with van der Waals surface area (Å²) in [6.07, 6.45) is 1.51. The van der Waals surface area contributed by atoms with Crippen LogP contribution in [-0.4, -0.2) is 33.2 Å². The Bertz CT molecular complexity index is 1350. The van der Waals surface area contributed by atoms with Crippen LogP contribution in [0.15, 0.2) is 62.8 Å². The van der Waals surface area contributed by atoms with Crippen LogP contribution in [-0.2, 0) is 4.79 Å². The number of halogens is 2. The zero-order valence-corrected chi connectivity index (χ0v) is 18.7. The number of hydrogen-bond acceptors (Lipinski definition) is 6. The zero-order chi connectivity index (χ0) is 23.7. The van der Waals surface area contributed by atoms with Gasteiger partial charge in [-0.05, 0) is 60.3 Å². The van der Waals surface area contributed by atoms with Crippen LogP contribution in [0.25, 0.3) is 17.4 Å². The van der Waals surface area contributed by atoms with Gasteiger partial charge in [-0.3, -0.25) is 4.79 Å². The van der Waals surface area contributed by atoms with E-state index in [1.807, 2.05) is 0 Å². The maximum atomic E-state index is 12.4. The Morgan fingerprint density at radius 1 is 1.00 bits per heavy atom. The maximum absolute atomic E-state index is 12.4. The molecule has 3 N–H and O–H groups in total. The van der Waals surface area contributed by atoms with E-state index in [1.165, 1.54) is 18.2 Å². The first-order chi connectivity index (χ1) is 15.7. The molecule has 0 saturated carbocycles. The quantitative estimate of drug-likeness (QED) is 0.390. The third kappa shape index (κ3) is 5.11. The van der Waals surface area contributed by atoms with Crippen molar-refractivity contribution in [1.29, 1.82) is 0 Å². The molecular weight excluding hydrogens is 491 g/mol. The van der Waals surface area contributed by atoms with Gasteiger partial charge in [-0.1, -0.05) is 23.2 Å². The van der Waals surface area contributed by atoms with Crippen LogP contribution in [0.1, 0.15) is 26.5 Å². The number of carbonyl (C=O) groups excluding carboxylic acids is 1. The number of carboxylic acids is 2. The van der Waals surface area contributed by atoms with Gasteiger partial charge in [-0.15, -0.1) is 0 Å². The highest BCUT2D eigenvalue weighted by Crippen LogP contribution is 2.34. The van der Waals surface area contributed by atoms with Gasteiger partial charge in [0.05, 0.1) is 26.7 Å². The van der Waals surface area contributed by atoms with Gasteiger partial charge in [-0.25, -0.2) is 14.6 Å². The molecule has 3 aromatic rings. The number of amidine groups is 1. The van der Waals surface area contributed by atoms with Gasteiger partial charge in [0.1, 0.15) is 11.5 Å². The second kappa shape index (κ2) is 9.14. The molecule has 0 atom stereocenters. The fourth-order valence-electron chi connectivity index (χ4n) is 2.91. The minimum atomic E-state index is -1.29. The molecule has 2 heterocycles. The number of aromatic carboxylic acids is 2. The molecule has 4 rings (SSSR count). The Morgan fingerprint density at radius 2 is 1.70 bits per heavy atom. The predicted octanol–water partition coefficient (Wildman–Crippen LogP) is 5.54. The monoisotopic (exact) mass is 502 g/mol. The van der Waals surface area contributed by atoms with Crippen LogP contribution in [0.4, 0.5) is 5.69 Å². The third-order valence-electron chi connectivity index (χ3n) is 4.39. The molecule has 33 heavy (non-hydrogen) atoms. The summed E-state index contributed by atoms with van der Waals surface area (Å²) in [6.45, 7) is 0. The molecule has 0 bridgehead atoms. The molecule has 11 heteroatoms. The summed E-state index contributed by atoms with van der Waals surface area (Å²) in [4.78, 5) is 39.3. The number of rotatable bonds is 5. The van der Waals surface area contributed by atoms with Gasteiger partial charge < -0.3 is 19.9 Å². The summed E-state index contributed by atoms with van der Waals surface area (Å²) in [7, 11) is 0. The van der Waals surface area contributed by atoms with Gasteiger partial charge in [-0.2, -0.15) is 0 Å². The Balaban J connectivity index is 1.60. The molecule has 166 valence electrons. The van der Waals surface area contributed by atoms with Crippen LogP contribution in [0.5, 0.6) is 0 Å². The highest BCUT2D eigenvalue weighted by Gasteiger charge is 2.25. The molecule has 1 aliphatic rings. The minimum absolute atomic E-state index is 0.0761. The Hall–Kier alpha value is -3.53. The van der Waals surface area contributed by atoms with Crippen molar-refractivity contribution in [2.75, 3.05) is 0 Å². The van der Waals surface area contributed by atoms with Gasteiger partial charge >= 0.3 is 11.9 Å². The normalized spacial score (nSPS) is 15.8. The molecular formula is C22H12Cl2N2O6S. The van der Waals surface area contributed by atoms with Crippen molar-refractivity contribution in [3.8, 4) is 11.3 Å². The first-order valence-corrected chi connectivity index (χ1v) is 10.7. The van der Waals surface area contributed by atoms with E-state index in [9.17, 15) is 24.6 Å². The number of carboxylic acid groups (broad SMARTS) is 2. The van der Waals surface area contributed by atoms with Crippen molar-refractivity contribution in [2.45, 2.75) is 0 Å². The number of carbonyl (C=O) groups is 3. The van der Waals surface area contributed by atoms with Crippen molar-refractivity contribution >= 4 is 69.7 Å². The molecule has 0 aliphatic carbocycles. The van der Waals surface area contributed by atoms with Crippen LogP contribution < -0.4 is 5.32 Å². The van der Waals surface area contributed by atoms with Crippen molar-refractivity contribution in [1.82, 2.24) is 5.32 Å². The molecule has 1 saturated heterocycles. The number of furan rings is 1. The number of hydrogen-bond donors (Lipinski definition) is 3. The topological polar surface area (TPSA) is 129 Å². The van der Waals surface area contributed by atoms with Gasteiger partial charge in [0.25, 0.3) is 5.91 Å². The Labute approximate surface area is 200 Å². The molecule has 2 aromatic carbocycles. The number of amides is 1. The minimum Gasteiger partial charge on any atom is -0.478 e. The lowest BCUT2D eigenvalue weighted by molar-refractivity contribution is -0.115. The van der Waals surface area contributed by atoms with Crippen LogP contribution in [0.3, 0.4) is 0 Å². The predicted molar refractivity (Wildman–Crippen MR) is 125 cm³/mol. The van der Waals surface area contributed by atoms with Crippen molar-refractivity contribution in [3.05, 3.63) is 80.4 Å². The summed E-state index contributed by atoms with van der Waals surface area (Å²) in [5.41, 5.74) is 0.212. The van der Waals surface area contributed by atoms with E-state index in [2.05, 4.69) is 10.3 Å². The van der Waals surface area contributed by atoms with Crippen LogP contribution >= 0.6 is 35.0 Å². The second-order valence-corrected chi connectivity index (χ2v) is 8.56.